The molecule has 0 spiro atoms. The molecule has 2 rings (SSSR count). The number of hydrogen-bond donors (Lipinski definition) is 1. The van der Waals surface area contributed by atoms with E-state index < -0.39 is 0 Å². The number of rotatable bonds is 4. The van der Waals surface area contributed by atoms with Gasteiger partial charge in [-0.1, -0.05) is 6.92 Å². The van der Waals surface area contributed by atoms with E-state index in [0.29, 0.717) is 0 Å². The van der Waals surface area contributed by atoms with E-state index in [4.69, 9.17) is 9.47 Å². The van der Waals surface area contributed by atoms with E-state index >= 15 is 0 Å². The molecule has 0 saturated heterocycles. The van der Waals surface area contributed by atoms with Crippen LogP contribution in [0.5, 0.6) is 11.5 Å². The van der Waals surface area contributed by atoms with Crippen molar-refractivity contribution in [3.05, 3.63) is 23.9 Å². The SMILES string of the molecule is CCc1cc(NC)c2c(OC)ccc(OC)c2n1. The number of ether oxygens (including phenoxy) is 2. The molecule has 0 aliphatic carbocycles. The summed E-state index contributed by atoms with van der Waals surface area (Å²) >= 11 is 0. The summed E-state index contributed by atoms with van der Waals surface area (Å²) in [5, 5.41) is 4.15. The van der Waals surface area contributed by atoms with Crippen LogP contribution in [0.2, 0.25) is 0 Å². The Kier molecular flexibility index (Phi) is 3.55. The van der Waals surface area contributed by atoms with Gasteiger partial charge in [0.05, 0.1) is 19.6 Å². The predicted octanol–water partition coefficient (Wildman–Crippen LogP) is 2.86. The average molecular weight is 246 g/mol. The van der Waals surface area contributed by atoms with Crippen molar-refractivity contribution < 1.29 is 9.47 Å². The molecule has 0 bridgehead atoms. The molecule has 1 N–H and O–H groups in total. The summed E-state index contributed by atoms with van der Waals surface area (Å²) in [6.45, 7) is 2.08. The van der Waals surface area contributed by atoms with Crippen molar-refractivity contribution in [2.45, 2.75) is 13.3 Å². The summed E-state index contributed by atoms with van der Waals surface area (Å²) in [6.07, 6.45) is 0.880. The summed E-state index contributed by atoms with van der Waals surface area (Å²) in [6, 6.07) is 5.83. The molecule has 1 heterocycles. The quantitative estimate of drug-likeness (QED) is 0.900. The van der Waals surface area contributed by atoms with Gasteiger partial charge in [0.15, 0.2) is 0 Å². The molecule has 0 aliphatic heterocycles. The van der Waals surface area contributed by atoms with Crippen molar-refractivity contribution in [1.29, 1.82) is 0 Å². The summed E-state index contributed by atoms with van der Waals surface area (Å²) in [7, 11) is 5.21. The number of nitrogens with one attached hydrogen (secondary N) is 1. The molecule has 0 amide bonds. The summed E-state index contributed by atoms with van der Waals surface area (Å²) < 4.78 is 10.8. The molecule has 0 unspecified atom stereocenters. The Labute approximate surface area is 107 Å². The fourth-order valence-corrected chi connectivity index (χ4v) is 2.05. The maximum Gasteiger partial charge on any atom is 0.145 e. The molecule has 0 radical (unpaired) electrons. The largest absolute Gasteiger partial charge is 0.496 e. The van der Waals surface area contributed by atoms with E-state index in [2.05, 4.69) is 17.2 Å². The van der Waals surface area contributed by atoms with Crippen LogP contribution in [-0.4, -0.2) is 26.3 Å². The molecule has 0 fully saturated rings. The van der Waals surface area contributed by atoms with E-state index in [-0.39, 0.29) is 0 Å². The molecule has 0 saturated carbocycles. The number of fused-ring (bicyclic) bond motifs is 1. The van der Waals surface area contributed by atoms with Gasteiger partial charge in [-0.2, -0.15) is 0 Å². The van der Waals surface area contributed by atoms with E-state index in [0.717, 1.165) is 40.2 Å². The number of pyridine rings is 1. The number of aromatic nitrogens is 1. The van der Waals surface area contributed by atoms with Crippen molar-refractivity contribution in [1.82, 2.24) is 4.98 Å². The third-order valence-corrected chi connectivity index (χ3v) is 3.01. The molecule has 1 aromatic heterocycles. The topological polar surface area (TPSA) is 43.4 Å². The second-order valence-corrected chi connectivity index (χ2v) is 3.96. The van der Waals surface area contributed by atoms with Crippen LogP contribution in [0.1, 0.15) is 12.6 Å². The smallest absolute Gasteiger partial charge is 0.145 e. The van der Waals surface area contributed by atoms with Crippen molar-refractivity contribution in [3.63, 3.8) is 0 Å². The monoisotopic (exact) mass is 246 g/mol. The van der Waals surface area contributed by atoms with Crippen LogP contribution in [0.25, 0.3) is 10.9 Å². The fraction of sp³-hybridized carbons (Fsp3) is 0.357. The van der Waals surface area contributed by atoms with E-state index in [1.807, 2.05) is 25.2 Å². The Morgan fingerprint density at radius 1 is 1.17 bits per heavy atom. The van der Waals surface area contributed by atoms with Crippen LogP contribution < -0.4 is 14.8 Å². The Hall–Kier alpha value is -1.97. The standard InChI is InChI=1S/C14H18N2O2/c1-5-9-8-10(15-2)13-11(17-3)6-7-12(18-4)14(13)16-9/h6-8H,5H2,1-4H3,(H,15,16). The normalized spacial score (nSPS) is 10.4. The summed E-state index contributed by atoms with van der Waals surface area (Å²) in [5.41, 5.74) is 2.87. The van der Waals surface area contributed by atoms with Crippen molar-refractivity contribution in [2.24, 2.45) is 0 Å². The molecule has 4 nitrogen and oxygen atoms in total. The minimum absolute atomic E-state index is 0.762. The zero-order valence-electron chi connectivity index (χ0n) is 11.2. The van der Waals surface area contributed by atoms with E-state index in [1.165, 1.54) is 0 Å². The number of hydrogen-bond acceptors (Lipinski definition) is 4. The highest BCUT2D eigenvalue weighted by Crippen LogP contribution is 2.37. The molecule has 96 valence electrons. The van der Waals surface area contributed by atoms with Crippen LogP contribution in [0.3, 0.4) is 0 Å². The van der Waals surface area contributed by atoms with Gasteiger partial charge >= 0.3 is 0 Å². The first-order valence-electron chi connectivity index (χ1n) is 5.97. The van der Waals surface area contributed by atoms with E-state index in [9.17, 15) is 0 Å². The third-order valence-electron chi connectivity index (χ3n) is 3.01. The highest BCUT2D eigenvalue weighted by atomic mass is 16.5. The van der Waals surface area contributed by atoms with Crippen LogP contribution in [-0.2, 0) is 6.42 Å². The van der Waals surface area contributed by atoms with Gasteiger partial charge in [-0.15, -0.1) is 0 Å². The van der Waals surface area contributed by atoms with Gasteiger partial charge in [-0.3, -0.25) is 0 Å². The predicted molar refractivity (Wildman–Crippen MR) is 73.8 cm³/mol. The minimum atomic E-state index is 0.762. The van der Waals surface area contributed by atoms with Crippen LogP contribution in [0.15, 0.2) is 18.2 Å². The maximum atomic E-state index is 5.41. The highest BCUT2D eigenvalue weighted by molar-refractivity contribution is 5.99. The second-order valence-electron chi connectivity index (χ2n) is 3.96. The third kappa shape index (κ3) is 1.94. The molecule has 2 aromatic rings. The van der Waals surface area contributed by atoms with Gasteiger partial charge < -0.3 is 14.8 Å². The maximum absolute atomic E-state index is 5.41. The molecular weight excluding hydrogens is 228 g/mol. The summed E-state index contributed by atoms with van der Waals surface area (Å²) in [4.78, 5) is 4.64. The lowest BCUT2D eigenvalue weighted by Crippen LogP contribution is -1.99. The van der Waals surface area contributed by atoms with Crippen LogP contribution in [0, 0.1) is 0 Å². The average Bonchev–Trinajstić information content (AvgIpc) is 2.44. The zero-order chi connectivity index (χ0) is 13.1. The molecule has 1 aromatic carbocycles. The van der Waals surface area contributed by atoms with Crippen molar-refractivity contribution >= 4 is 16.6 Å². The van der Waals surface area contributed by atoms with Crippen molar-refractivity contribution in [3.8, 4) is 11.5 Å². The van der Waals surface area contributed by atoms with Gasteiger partial charge in [0, 0.05) is 18.4 Å². The molecule has 18 heavy (non-hydrogen) atoms. The number of benzene rings is 1. The van der Waals surface area contributed by atoms with Gasteiger partial charge in [0.1, 0.15) is 17.0 Å². The lowest BCUT2D eigenvalue weighted by molar-refractivity contribution is 0.410. The van der Waals surface area contributed by atoms with Gasteiger partial charge in [-0.05, 0) is 24.6 Å². The Bertz CT molecular complexity index is 567. The number of anilines is 1. The highest BCUT2D eigenvalue weighted by Gasteiger charge is 2.13. The van der Waals surface area contributed by atoms with E-state index in [1.54, 1.807) is 14.2 Å². The number of nitrogens with zero attached hydrogens (tertiary/aromatic N) is 1. The van der Waals surface area contributed by atoms with Crippen LogP contribution in [0.4, 0.5) is 5.69 Å². The Morgan fingerprint density at radius 3 is 2.39 bits per heavy atom. The summed E-state index contributed by atoms with van der Waals surface area (Å²) in [5.74, 6) is 1.56. The zero-order valence-corrected chi connectivity index (χ0v) is 11.2. The number of aryl methyl sites for hydroxylation is 1. The van der Waals surface area contributed by atoms with Gasteiger partial charge in [-0.25, -0.2) is 4.98 Å². The minimum Gasteiger partial charge on any atom is -0.496 e. The first-order valence-corrected chi connectivity index (χ1v) is 5.97. The number of methoxy groups -OCH3 is 2. The second kappa shape index (κ2) is 5.12. The molecule has 4 heteroatoms. The lowest BCUT2D eigenvalue weighted by atomic mass is 10.1. The molecular formula is C14H18N2O2. The molecule has 0 atom stereocenters. The van der Waals surface area contributed by atoms with Gasteiger partial charge in [0.25, 0.3) is 0 Å². The Balaban J connectivity index is 2.86. The lowest BCUT2D eigenvalue weighted by Gasteiger charge is -2.14. The Morgan fingerprint density at radius 2 is 1.83 bits per heavy atom. The molecule has 0 aliphatic rings. The van der Waals surface area contributed by atoms with Crippen LogP contribution >= 0.6 is 0 Å². The van der Waals surface area contributed by atoms with Gasteiger partial charge in [0.2, 0.25) is 0 Å². The fourth-order valence-electron chi connectivity index (χ4n) is 2.05. The van der Waals surface area contributed by atoms with Crippen molar-refractivity contribution in [2.75, 3.05) is 26.6 Å². The first-order chi connectivity index (χ1) is 8.74. The first kappa shape index (κ1) is 12.5.